The zero-order valence-corrected chi connectivity index (χ0v) is 10.2. The summed E-state index contributed by atoms with van der Waals surface area (Å²) in [6.45, 7) is 2.79. The summed E-state index contributed by atoms with van der Waals surface area (Å²) in [6.07, 6.45) is 0.925. The quantitative estimate of drug-likeness (QED) is 0.858. The number of nitriles is 1. The van der Waals surface area contributed by atoms with Crippen LogP contribution in [0.3, 0.4) is 0 Å². The van der Waals surface area contributed by atoms with Gasteiger partial charge in [-0.1, -0.05) is 11.6 Å². The van der Waals surface area contributed by atoms with Gasteiger partial charge in [-0.3, -0.25) is 0 Å². The molecule has 0 saturated carbocycles. The zero-order chi connectivity index (χ0) is 12.0. The number of hydrogen-bond donors (Lipinski definition) is 1. The van der Waals surface area contributed by atoms with Crippen molar-refractivity contribution in [1.29, 1.82) is 5.26 Å². The molecular formula is C12H15ClN2O. The van der Waals surface area contributed by atoms with Gasteiger partial charge < -0.3 is 10.1 Å². The largest absolute Gasteiger partial charge is 0.385 e. The number of benzene rings is 1. The molecule has 0 bridgehead atoms. The Balaban J connectivity index is 2.61. The molecule has 0 amide bonds. The molecule has 4 heteroatoms. The van der Waals surface area contributed by atoms with Crippen LogP contribution in [0.15, 0.2) is 18.2 Å². The van der Waals surface area contributed by atoms with Gasteiger partial charge in [0.15, 0.2) is 0 Å². The molecule has 0 saturated heterocycles. The maximum absolute atomic E-state index is 8.74. The van der Waals surface area contributed by atoms with Crippen molar-refractivity contribution in [1.82, 2.24) is 0 Å². The summed E-state index contributed by atoms with van der Waals surface area (Å²) in [4.78, 5) is 0. The number of halogens is 1. The van der Waals surface area contributed by atoms with E-state index in [9.17, 15) is 0 Å². The summed E-state index contributed by atoms with van der Waals surface area (Å²) >= 11 is 5.93. The van der Waals surface area contributed by atoms with Crippen molar-refractivity contribution in [3.8, 4) is 6.07 Å². The van der Waals surface area contributed by atoms with Gasteiger partial charge in [0.1, 0.15) is 6.07 Å². The Labute approximate surface area is 101 Å². The average Bonchev–Trinajstić information content (AvgIpc) is 2.26. The van der Waals surface area contributed by atoms with Gasteiger partial charge in [0, 0.05) is 25.4 Å². The highest BCUT2D eigenvalue weighted by atomic mass is 35.5. The lowest BCUT2D eigenvalue weighted by Gasteiger charge is -2.15. The number of anilines is 1. The minimum absolute atomic E-state index is 0.309. The number of rotatable bonds is 5. The van der Waals surface area contributed by atoms with Crippen LogP contribution in [0.2, 0.25) is 5.02 Å². The molecule has 16 heavy (non-hydrogen) atoms. The lowest BCUT2D eigenvalue weighted by atomic mass is 10.2. The second-order valence-electron chi connectivity index (χ2n) is 3.63. The van der Waals surface area contributed by atoms with Crippen molar-refractivity contribution in [3.63, 3.8) is 0 Å². The van der Waals surface area contributed by atoms with E-state index in [-0.39, 0.29) is 0 Å². The second-order valence-corrected chi connectivity index (χ2v) is 4.04. The molecule has 0 spiro atoms. The van der Waals surface area contributed by atoms with Gasteiger partial charge in [0.05, 0.1) is 10.6 Å². The minimum atomic E-state index is 0.309. The van der Waals surface area contributed by atoms with Gasteiger partial charge >= 0.3 is 0 Å². The lowest BCUT2D eigenvalue weighted by Crippen LogP contribution is -2.17. The molecule has 86 valence electrons. The first-order valence-corrected chi connectivity index (χ1v) is 5.50. The summed E-state index contributed by atoms with van der Waals surface area (Å²) < 4.78 is 5.00. The van der Waals surface area contributed by atoms with Crippen LogP contribution in [0.5, 0.6) is 0 Å². The van der Waals surface area contributed by atoms with Gasteiger partial charge in [-0.25, -0.2) is 0 Å². The molecule has 1 unspecified atom stereocenters. The van der Waals surface area contributed by atoms with Crippen LogP contribution < -0.4 is 5.32 Å². The summed E-state index contributed by atoms with van der Waals surface area (Å²) in [5.41, 5.74) is 1.42. The smallest absolute Gasteiger partial charge is 0.101 e. The van der Waals surface area contributed by atoms with E-state index in [2.05, 4.69) is 12.2 Å². The van der Waals surface area contributed by atoms with E-state index in [0.29, 0.717) is 16.6 Å². The second kappa shape index (κ2) is 6.37. The summed E-state index contributed by atoms with van der Waals surface area (Å²) in [5, 5.41) is 12.5. The van der Waals surface area contributed by atoms with Crippen molar-refractivity contribution in [2.24, 2.45) is 0 Å². The first-order valence-electron chi connectivity index (χ1n) is 5.12. The first-order chi connectivity index (χ1) is 7.67. The van der Waals surface area contributed by atoms with Crippen LogP contribution >= 0.6 is 11.6 Å². The fraction of sp³-hybridized carbons (Fsp3) is 0.417. The van der Waals surface area contributed by atoms with Crippen LogP contribution in [0.1, 0.15) is 18.9 Å². The number of hydrogen-bond acceptors (Lipinski definition) is 3. The maximum atomic E-state index is 8.74. The number of methoxy groups -OCH3 is 1. The van der Waals surface area contributed by atoms with Crippen LogP contribution in [-0.2, 0) is 4.74 Å². The molecule has 1 aromatic carbocycles. The summed E-state index contributed by atoms with van der Waals surface area (Å²) in [5.74, 6) is 0. The predicted octanol–water partition coefficient (Wildman–Crippen LogP) is 3.05. The molecule has 1 rings (SSSR count). The Hall–Kier alpha value is -1.24. The van der Waals surface area contributed by atoms with Crippen molar-refractivity contribution in [2.45, 2.75) is 19.4 Å². The fourth-order valence-electron chi connectivity index (χ4n) is 1.35. The molecule has 0 aliphatic heterocycles. The van der Waals surface area contributed by atoms with E-state index in [1.807, 2.05) is 12.1 Å². The zero-order valence-electron chi connectivity index (χ0n) is 9.46. The van der Waals surface area contributed by atoms with Gasteiger partial charge in [-0.15, -0.1) is 0 Å². The van der Waals surface area contributed by atoms with Crippen molar-refractivity contribution in [2.75, 3.05) is 19.0 Å². The van der Waals surface area contributed by atoms with E-state index < -0.39 is 0 Å². The standard InChI is InChI=1S/C12H15ClN2O/c1-9(5-6-16-2)15-11-4-3-10(8-14)12(13)7-11/h3-4,7,9,15H,5-6H2,1-2H3. The van der Waals surface area contributed by atoms with E-state index in [1.54, 1.807) is 19.2 Å². The molecule has 1 aromatic rings. The maximum Gasteiger partial charge on any atom is 0.101 e. The third-order valence-corrected chi connectivity index (χ3v) is 2.57. The molecular weight excluding hydrogens is 224 g/mol. The lowest BCUT2D eigenvalue weighted by molar-refractivity contribution is 0.191. The Kier molecular flexibility index (Phi) is 5.10. The van der Waals surface area contributed by atoms with Crippen LogP contribution in [-0.4, -0.2) is 19.8 Å². The molecule has 0 aromatic heterocycles. The van der Waals surface area contributed by atoms with E-state index in [1.165, 1.54) is 0 Å². The Morgan fingerprint density at radius 1 is 1.56 bits per heavy atom. The Morgan fingerprint density at radius 3 is 2.88 bits per heavy atom. The molecule has 0 heterocycles. The number of nitrogens with zero attached hydrogens (tertiary/aromatic N) is 1. The van der Waals surface area contributed by atoms with E-state index >= 15 is 0 Å². The average molecular weight is 239 g/mol. The normalized spacial score (nSPS) is 11.9. The molecule has 3 nitrogen and oxygen atoms in total. The summed E-state index contributed by atoms with van der Waals surface area (Å²) in [6, 6.07) is 7.68. The molecule has 0 aliphatic carbocycles. The van der Waals surface area contributed by atoms with Crippen LogP contribution in [0.4, 0.5) is 5.69 Å². The predicted molar refractivity (Wildman–Crippen MR) is 65.7 cm³/mol. The molecule has 0 aliphatic rings. The monoisotopic (exact) mass is 238 g/mol. The highest BCUT2D eigenvalue weighted by molar-refractivity contribution is 6.32. The van der Waals surface area contributed by atoms with Gasteiger partial charge in [0.2, 0.25) is 0 Å². The van der Waals surface area contributed by atoms with Crippen molar-refractivity contribution in [3.05, 3.63) is 28.8 Å². The molecule has 0 fully saturated rings. The molecule has 1 atom stereocenters. The Bertz CT molecular complexity index is 387. The first kappa shape index (κ1) is 12.8. The molecule has 1 N–H and O–H groups in total. The van der Waals surface area contributed by atoms with Crippen molar-refractivity contribution >= 4 is 17.3 Å². The third-order valence-electron chi connectivity index (χ3n) is 2.26. The van der Waals surface area contributed by atoms with Crippen molar-refractivity contribution < 1.29 is 4.74 Å². The van der Waals surface area contributed by atoms with Gasteiger partial charge in [0.25, 0.3) is 0 Å². The number of ether oxygens (including phenoxy) is 1. The van der Waals surface area contributed by atoms with Gasteiger partial charge in [-0.05, 0) is 31.5 Å². The third kappa shape index (κ3) is 3.73. The minimum Gasteiger partial charge on any atom is -0.385 e. The highest BCUT2D eigenvalue weighted by Gasteiger charge is 2.04. The van der Waals surface area contributed by atoms with E-state index in [0.717, 1.165) is 18.7 Å². The van der Waals surface area contributed by atoms with E-state index in [4.69, 9.17) is 21.6 Å². The SMILES string of the molecule is COCCC(C)Nc1ccc(C#N)c(Cl)c1. The highest BCUT2D eigenvalue weighted by Crippen LogP contribution is 2.20. The van der Waals surface area contributed by atoms with Gasteiger partial charge in [-0.2, -0.15) is 5.26 Å². The summed E-state index contributed by atoms with van der Waals surface area (Å²) in [7, 11) is 1.69. The van der Waals surface area contributed by atoms with Crippen LogP contribution in [0.25, 0.3) is 0 Å². The van der Waals surface area contributed by atoms with Crippen LogP contribution in [0, 0.1) is 11.3 Å². The topological polar surface area (TPSA) is 45.0 Å². The molecule has 0 radical (unpaired) electrons. The Morgan fingerprint density at radius 2 is 2.31 bits per heavy atom. The number of nitrogens with one attached hydrogen (secondary N) is 1. The fourth-order valence-corrected chi connectivity index (χ4v) is 1.57.